The Labute approximate surface area is 164 Å². The van der Waals surface area contributed by atoms with Crippen molar-refractivity contribution in [1.29, 1.82) is 0 Å². The van der Waals surface area contributed by atoms with Gasteiger partial charge in [-0.15, -0.1) is 0 Å². The minimum absolute atomic E-state index is 0.0852. The molecule has 2 aromatic carbocycles. The zero-order chi connectivity index (χ0) is 19.6. The molecule has 2 N–H and O–H groups in total. The summed E-state index contributed by atoms with van der Waals surface area (Å²) in [5.74, 6) is 1.60. The Balaban J connectivity index is 1.67. The number of nitrogens with two attached hydrogens (primary N) is 1. The summed E-state index contributed by atoms with van der Waals surface area (Å²) in [6.45, 7) is 2.84. The highest BCUT2D eigenvalue weighted by Crippen LogP contribution is 2.18. The van der Waals surface area contributed by atoms with Gasteiger partial charge >= 0.3 is 0 Å². The van der Waals surface area contributed by atoms with Gasteiger partial charge in [0, 0.05) is 6.42 Å². The van der Waals surface area contributed by atoms with Gasteiger partial charge in [0.1, 0.15) is 5.82 Å². The molecule has 146 valence electrons. The third-order valence-corrected chi connectivity index (χ3v) is 5.83. The van der Waals surface area contributed by atoms with E-state index < -0.39 is 10.0 Å². The molecule has 0 atom stereocenters. The molecular formula is C20H23N5O2S. The molecule has 1 aliphatic heterocycles. The molecule has 1 saturated heterocycles. The molecular weight excluding hydrogens is 374 g/mol. The minimum Gasteiger partial charge on any atom is -0.296 e. The first-order valence-corrected chi connectivity index (χ1v) is 10.9. The van der Waals surface area contributed by atoms with Crippen molar-refractivity contribution in [3.63, 3.8) is 0 Å². The topological polar surface area (TPSA) is 94.1 Å². The van der Waals surface area contributed by atoms with Crippen molar-refractivity contribution in [1.82, 2.24) is 19.7 Å². The minimum atomic E-state index is -3.72. The van der Waals surface area contributed by atoms with Gasteiger partial charge in [-0.25, -0.2) is 23.2 Å². The maximum absolute atomic E-state index is 11.5. The van der Waals surface area contributed by atoms with Gasteiger partial charge in [-0.2, -0.15) is 5.10 Å². The van der Waals surface area contributed by atoms with E-state index in [0.29, 0.717) is 6.42 Å². The third-order valence-electron chi connectivity index (χ3n) is 4.90. The maximum Gasteiger partial charge on any atom is 0.238 e. The molecule has 28 heavy (non-hydrogen) atoms. The lowest BCUT2D eigenvalue weighted by Gasteiger charge is -2.14. The normalized spacial score (nSPS) is 15.2. The van der Waals surface area contributed by atoms with Gasteiger partial charge in [0.15, 0.2) is 5.82 Å². The van der Waals surface area contributed by atoms with Gasteiger partial charge in [-0.3, -0.25) is 4.90 Å². The van der Waals surface area contributed by atoms with Gasteiger partial charge in [-0.1, -0.05) is 30.3 Å². The number of nitrogens with zero attached hydrogens (tertiary/aromatic N) is 4. The first-order valence-electron chi connectivity index (χ1n) is 9.33. The van der Waals surface area contributed by atoms with Crippen LogP contribution in [0.25, 0.3) is 5.69 Å². The average molecular weight is 398 g/mol. The van der Waals surface area contributed by atoms with E-state index in [1.165, 1.54) is 25.0 Å². The number of rotatable bonds is 6. The number of primary sulfonamides is 1. The Bertz CT molecular complexity index is 1040. The first kappa shape index (κ1) is 18.8. The molecule has 0 unspecified atom stereocenters. The van der Waals surface area contributed by atoms with Crippen molar-refractivity contribution in [3.8, 4) is 5.69 Å². The summed E-state index contributed by atoms with van der Waals surface area (Å²) in [4.78, 5) is 7.24. The van der Waals surface area contributed by atoms with E-state index in [0.717, 1.165) is 42.5 Å². The number of sulfonamides is 1. The number of benzene rings is 2. The number of hydrogen-bond donors (Lipinski definition) is 1. The Hall–Kier alpha value is -2.55. The quantitative estimate of drug-likeness (QED) is 0.687. The van der Waals surface area contributed by atoms with Gasteiger partial charge in [0.2, 0.25) is 10.0 Å². The molecule has 0 spiro atoms. The van der Waals surface area contributed by atoms with Crippen LogP contribution in [0.1, 0.15) is 30.1 Å². The second kappa shape index (κ2) is 7.83. The predicted molar refractivity (Wildman–Crippen MR) is 106 cm³/mol. The van der Waals surface area contributed by atoms with Crippen LogP contribution in [0.5, 0.6) is 0 Å². The van der Waals surface area contributed by atoms with Crippen LogP contribution < -0.4 is 5.14 Å². The highest BCUT2D eigenvalue weighted by Gasteiger charge is 2.18. The lowest BCUT2D eigenvalue weighted by Crippen LogP contribution is -2.21. The predicted octanol–water partition coefficient (Wildman–Crippen LogP) is 2.10. The van der Waals surface area contributed by atoms with E-state index in [-0.39, 0.29) is 4.90 Å². The fraction of sp³-hybridized carbons (Fsp3) is 0.300. The van der Waals surface area contributed by atoms with E-state index in [2.05, 4.69) is 17.0 Å². The van der Waals surface area contributed by atoms with Crippen LogP contribution in [0.4, 0.5) is 0 Å². The Kier molecular flexibility index (Phi) is 5.25. The van der Waals surface area contributed by atoms with Crippen molar-refractivity contribution in [2.45, 2.75) is 30.7 Å². The lowest BCUT2D eigenvalue weighted by molar-refractivity contribution is 0.319. The van der Waals surface area contributed by atoms with Gasteiger partial charge in [-0.05, 0) is 55.8 Å². The SMILES string of the molecule is NS(=O)(=O)c1ccc(-n2nc(Cc3ccccc3)nc2CN2CCCC2)cc1. The van der Waals surface area contributed by atoms with E-state index in [9.17, 15) is 8.42 Å². The molecule has 0 aliphatic carbocycles. The monoisotopic (exact) mass is 397 g/mol. The summed E-state index contributed by atoms with van der Waals surface area (Å²) in [7, 11) is -3.72. The smallest absolute Gasteiger partial charge is 0.238 e. The lowest BCUT2D eigenvalue weighted by atomic mass is 10.1. The summed E-state index contributed by atoms with van der Waals surface area (Å²) in [5.41, 5.74) is 1.92. The van der Waals surface area contributed by atoms with E-state index in [1.807, 2.05) is 22.9 Å². The number of likely N-dealkylation sites (tertiary alicyclic amines) is 1. The molecule has 2 heterocycles. The Morgan fingerprint density at radius 3 is 2.29 bits per heavy atom. The molecule has 0 saturated carbocycles. The molecule has 3 aromatic rings. The fourth-order valence-electron chi connectivity index (χ4n) is 3.47. The van der Waals surface area contributed by atoms with Gasteiger partial charge in [0.05, 0.1) is 17.1 Å². The van der Waals surface area contributed by atoms with Gasteiger partial charge in [0.25, 0.3) is 0 Å². The van der Waals surface area contributed by atoms with Crippen LogP contribution in [-0.4, -0.2) is 41.2 Å². The van der Waals surface area contributed by atoms with Crippen molar-refractivity contribution in [3.05, 3.63) is 71.8 Å². The molecule has 1 fully saturated rings. The number of aromatic nitrogens is 3. The summed E-state index contributed by atoms with van der Waals surface area (Å²) in [6.07, 6.45) is 3.05. The standard InChI is InChI=1S/C20H23N5O2S/c21-28(26,27)18-10-8-17(9-11-18)25-20(15-24-12-4-5-13-24)22-19(23-25)14-16-6-2-1-3-7-16/h1-3,6-11H,4-5,12-15H2,(H2,21,26,27). The fourth-order valence-corrected chi connectivity index (χ4v) is 3.99. The summed E-state index contributed by atoms with van der Waals surface area (Å²) < 4.78 is 24.9. The van der Waals surface area contributed by atoms with Crippen LogP contribution in [0.2, 0.25) is 0 Å². The molecule has 1 aromatic heterocycles. The molecule has 7 nitrogen and oxygen atoms in total. The van der Waals surface area contributed by atoms with Crippen LogP contribution in [0.3, 0.4) is 0 Å². The van der Waals surface area contributed by atoms with E-state index in [1.54, 1.807) is 12.1 Å². The molecule has 0 amide bonds. The first-order chi connectivity index (χ1) is 13.5. The molecule has 1 aliphatic rings. The highest BCUT2D eigenvalue weighted by atomic mass is 32.2. The zero-order valence-corrected chi connectivity index (χ0v) is 16.3. The molecule has 0 bridgehead atoms. The second-order valence-corrected chi connectivity index (χ2v) is 8.60. The zero-order valence-electron chi connectivity index (χ0n) is 15.5. The van der Waals surface area contributed by atoms with Crippen LogP contribution in [0.15, 0.2) is 59.5 Å². The Morgan fingerprint density at radius 2 is 1.64 bits per heavy atom. The van der Waals surface area contributed by atoms with E-state index >= 15 is 0 Å². The molecule has 4 rings (SSSR count). The maximum atomic E-state index is 11.5. The van der Waals surface area contributed by atoms with Gasteiger partial charge < -0.3 is 0 Å². The summed E-state index contributed by atoms with van der Waals surface area (Å²) in [6, 6.07) is 16.5. The molecule has 8 heteroatoms. The third kappa shape index (κ3) is 4.30. The van der Waals surface area contributed by atoms with E-state index in [4.69, 9.17) is 15.2 Å². The Morgan fingerprint density at radius 1 is 0.964 bits per heavy atom. The number of hydrogen-bond acceptors (Lipinski definition) is 5. The van der Waals surface area contributed by atoms with Crippen LogP contribution >= 0.6 is 0 Å². The average Bonchev–Trinajstić information content (AvgIpc) is 3.32. The van der Waals surface area contributed by atoms with Crippen molar-refractivity contribution < 1.29 is 8.42 Å². The summed E-state index contributed by atoms with van der Waals surface area (Å²) in [5, 5.41) is 9.91. The summed E-state index contributed by atoms with van der Waals surface area (Å²) >= 11 is 0. The largest absolute Gasteiger partial charge is 0.296 e. The van der Waals surface area contributed by atoms with Crippen LogP contribution in [-0.2, 0) is 23.0 Å². The molecule has 0 radical (unpaired) electrons. The van der Waals surface area contributed by atoms with Crippen LogP contribution in [0, 0.1) is 0 Å². The second-order valence-electron chi connectivity index (χ2n) is 7.04. The van der Waals surface area contributed by atoms with Crippen molar-refractivity contribution in [2.24, 2.45) is 5.14 Å². The van der Waals surface area contributed by atoms with Crippen molar-refractivity contribution in [2.75, 3.05) is 13.1 Å². The highest BCUT2D eigenvalue weighted by molar-refractivity contribution is 7.89. The van der Waals surface area contributed by atoms with Crippen molar-refractivity contribution >= 4 is 10.0 Å².